The highest BCUT2D eigenvalue weighted by molar-refractivity contribution is 5.76. The maximum absolute atomic E-state index is 12.4. The molecule has 0 aliphatic carbocycles. The summed E-state index contributed by atoms with van der Waals surface area (Å²) in [5, 5.41) is 56.5. The van der Waals surface area contributed by atoms with Gasteiger partial charge in [0.1, 0.15) is 0 Å². The number of aliphatic hydroxyl groups excluding tert-OH is 4. The van der Waals surface area contributed by atoms with Crippen LogP contribution in [-0.4, -0.2) is 98.1 Å². The van der Waals surface area contributed by atoms with E-state index in [4.69, 9.17) is 5.11 Å². The summed E-state index contributed by atoms with van der Waals surface area (Å²) in [6, 6.07) is 17.2. The van der Waals surface area contributed by atoms with Gasteiger partial charge in [-0.3, -0.25) is 9.69 Å². The molecule has 7 N–H and O–H groups in total. The molecule has 10 heteroatoms. The van der Waals surface area contributed by atoms with Crippen molar-refractivity contribution < 1.29 is 35.1 Å². The van der Waals surface area contributed by atoms with Gasteiger partial charge in [0, 0.05) is 18.6 Å². The van der Waals surface area contributed by atoms with Crippen LogP contribution in [0.5, 0.6) is 0 Å². The van der Waals surface area contributed by atoms with Gasteiger partial charge >= 0.3 is 6.09 Å². The van der Waals surface area contributed by atoms with Crippen molar-refractivity contribution in [3.8, 4) is 0 Å². The quantitative estimate of drug-likeness (QED) is 0.175. The fourth-order valence-electron chi connectivity index (χ4n) is 4.53. The Labute approximate surface area is 230 Å². The number of benzene rings is 2. The van der Waals surface area contributed by atoms with Gasteiger partial charge in [0.25, 0.3) is 0 Å². The molecule has 0 aliphatic rings. The van der Waals surface area contributed by atoms with Crippen molar-refractivity contribution >= 4 is 12.0 Å². The third-order valence-electron chi connectivity index (χ3n) is 6.44. The Morgan fingerprint density at radius 3 is 1.85 bits per heavy atom. The summed E-state index contributed by atoms with van der Waals surface area (Å²) in [5.74, 6) is -0.512. The molecule has 2 amide bonds. The second-order valence-electron chi connectivity index (χ2n) is 10.8. The Hall–Kier alpha value is -3.02. The zero-order valence-corrected chi connectivity index (χ0v) is 22.9. The molecule has 5 atom stereocenters. The predicted octanol–water partition coefficient (Wildman–Crippen LogP) is 1.16. The Morgan fingerprint density at radius 2 is 1.36 bits per heavy atom. The molecule has 2 aromatic rings. The third-order valence-corrected chi connectivity index (χ3v) is 6.44. The van der Waals surface area contributed by atoms with Gasteiger partial charge in [-0.1, -0.05) is 60.7 Å². The highest BCUT2D eigenvalue weighted by Crippen LogP contribution is 2.23. The molecule has 39 heavy (non-hydrogen) atoms. The average molecular weight is 546 g/mol. The van der Waals surface area contributed by atoms with E-state index in [-0.39, 0.29) is 19.5 Å². The van der Waals surface area contributed by atoms with Crippen LogP contribution in [0, 0.1) is 0 Å². The smallest absolute Gasteiger partial charge is 0.408 e. The molecule has 0 aromatic heterocycles. The molecule has 0 fully saturated rings. The van der Waals surface area contributed by atoms with Gasteiger partial charge in [0.15, 0.2) is 0 Å². The molecule has 0 spiro atoms. The van der Waals surface area contributed by atoms with Gasteiger partial charge < -0.3 is 36.2 Å². The molecule has 0 saturated heterocycles. The largest absolute Gasteiger partial charge is 0.465 e. The van der Waals surface area contributed by atoms with Gasteiger partial charge in [-0.2, -0.15) is 0 Å². The van der Waals surface area contributed by atoms with Gasteiger partial charge in [0.2, 0.25) is 5.91 Å². The van der Waals surface area contributed by atoms with E-state index < -0.39 is 54.5 Å². The van der Waals surface area contributed by atoms with Gasteiger partial charge in [-0.25, -0.2) is 4.79 Å². The number of nitrogens with zero attached hydrogens (tertiary/aromatic N) is 1. The summed E-state index contributed by atoms with van der Waals surface area (Å²) in [5.41, 5.74) is 0.998. The lowest BCUT2D eigenvalue weighted by molar-refractivity contribution is -0.125. The SMILES string of the molecule is CC(C)(C)N(C(=O)O)[C@@H](Cc1ccccc1)[C@H](O)CNC[C@@H](O)[C@H](Cc1ccccc1)NC(=O)CC(O)CO. The van der Waals surface area contributed by atoms with E-state index in [1.54, 1.807) is 20.8 Å². The number of hydrogen-bond acceptors (Lipinski definition) is 7. The number of rotatable bonds is 15. The van der Waals surface area contributed by atoms with Crippen LogP contribution in [-0.2, 0) is 17.6 Å². The van der Waals surface area contributed by atoms with Crippen molar-refractivity contribution in [2.45, 2.75) is 76.0 Å². The first-order chi connectivity index (χ1) is 18.4. The standard InChI is InChI=1S/C29H43N3O7/c1-29(2,3)32(28(38)39)24(15-21-12-8-5-9-13-21)26(36)18-30-17-25(35)23(14-20-10-6-4-7-11-20)31-27(37)16-22(34)19-33/h4-13,22-26,30,33-36H,14-19H2,1-3H3,(H,31,37)(H,38,39)/t22?,23-,24-,25+,26+/m0/s1. The first-order valence-corrected chi connectivity index (χ1v) is 13.2. The van der Waals surface area contributed by atoms with E-state index in [2.05, 4.69) is 10.6 Å². The molecule has 0 bridgehead atoms. The lowest BCUT2D eigenvalue weighted by Gasteiger charge is -2.42. The third kappa shape index (κ3) is 10.9. The molecule has 216 valence electrons. The minimum Gasteiger partial charge on any atom is -0.465 e. The lowest BCUT2D eigenvalue weighted by Crippen LogP contribution is -2.58. The number of carboxylic acid groups (broad SMARTS) is 1. The Balaban J connectivity index is 2.11. The summed E-state index contributed by atoms with van der Waals surface area (Å²) in [6.07, 6.45) is -4.17. The van der Waals surface area contributed by atoms with Crippen LogP contribution >= 0.6 is 0 Å². The molecule has 2 rings (SSSR count). The summed E-state index contributed by atoms with van der Waals surface area (Å²) >= 11 is 0. The number of amides is 2. The molecular weight excluding hydrogens is 502 g/mol. The first-order valence-electron chi connectivity index (χ1n) is 13.2. The number of nitrogens with one attached hydrogen (secondary N) is 2. The van der Waals surface area contributed by atoms with Crippen molar-refractivity contribution in [2.24, 2.45) is 0 Å². The van der Waals surface area contributed by atoms with Gasteiger partial charge in [0.05, 0.1) is 43.4 Å². The second kappa shape index (κ2) is 15.5. The van der Waals surface area contributed by atoms with Crippen molar-refractivity contribution in [1.82, 2.24) is 15.5 Å². The predicted molar refractivity (Wildman–Crippen MR) is 148 cm³/mol. The fourth-order valence-corrected chi connectivity index (χ4v) is 4.53. The van der Waals surface area contributed by atoms with Crippen LogP contribution in [0.2, 0.25) is 0 Å². The number of carbonyl (C=O) groups is 2. The Kier molecular flexibility index (Phi) is 12.8. The van der Waals surface area contributed by atoms with Crippen LogP contribution in [0.3, 0.4) is 0 Å². The van der Waals surface area contributed by atoms with E-state index in [0.717, 1.165) is 11.1 Å². The molecule has 0 aliphatic heterocycles. The van der Waals surface area contributed by atoms with Crippen LogP contribution in [0.25, 0.3) is 0 Å². The van der Waals surface area contributed by atoms with Crippen molar-refractivity contribution in [1.29, 1.82) is 0 Å². The monoisotopic (exact) mass is 545 g/mol. The maximum atomic E-state index is 12.4. The minimum absolute atomic E-state index is 0.00362. The van der Waals surface area contributed by atoms with Gasteiger partial charge in [-0.15, -0.1) is 0 Å². The average Bonchev–Trinajstić information content (AvgIpc) is 2.87. The van der Waals surface area contributed by atoms with E-state index in [1.165, 1.54) is 4.90 Å². The molecule has 0 radical (unpaired) electrons. The van der Waals surface area contributed by atoms with Crippen LogP contribution in [0.1, 0.15) is 38.3 Å². The van der Waals surface area contributed by atoms with Crippen molar-refractivity contribution in [2.75, 3.05) is 19.7 Å². The minimum atomic E-state index is -1.20. The Bertz CT molecular complexity index is 1000. The van der Waals surface area contributed by atoms with E-state index in [1.807, 2.05) is 60.7 Å². The molecule has 10 nitrogen and oxygen atoms in total. The Morgan fingerprint density at radius 1 is 0.846 bits per heavy atom. The summed E-state index contributed by atoms with van der Waals surface area (Å²) in [4.78, 5) is 25.8. The maximum Gasteiger partial charge on any atom is 0.408 e. The van der Waals surface area contributed by atoms with Crippen molar-refractivity contribution in [3.63, 3.8) is 0 Å². The summed E-state index contributed by atoms with van der Waals surface area (Å²) < 4.78 is 0. The first kappa shape index (κ1) is 32.2. The second-order valence-corrected chi connectivity index (χ2v) is 10.8. The zero-order valence-electron chi connectivity index (χ0n) is 22.9. The molecule has 0 heterocycles. The zero-order chi connectivity index (χ0) is 29.0. The fraction of sp³-hybridized carbons (Fsp3) is 0.517. The van der Waals surface area contributed by atoms with Crippen LogP contribution in [0.15, 0.2) is 60.7 Å². The topological polar surface area (TPSA) is 163 Å². The van der Waals surface area contributed by atoms with Crippen LogP contribution in [0.4, 0.5) is 4.79 Å². The highest BCUT2D eigenvalue weighted by Gasteiger charge is 2.37. The van der Waals surface area contributed by atoms with Gasteiger partial charge in [-0.05, 0) is 44.7 Å². The molecule has 0 saturated carbocycles. The van der Waals surface area contributed by atoms with E-state index in [9.17, 15) is 30.0 Å². The molecule has 2 aromatic carbocycles. The van der Waals surface area contributed by atoms with E-state index in [0.29, 0.717) is 12.8 Å². The summed E-state index contributed by atoms with van der Waals surface area (Å²) in [6.45, 7) is 4.78. The number of carbonyl (C=O) groups excluding carboxylic acids is 1. The molecule has 1 unspecified atom stereocenters. The van der Waals surface area contributed by atoms with Crippen molar-refractivity contribution in [3.05, 3.63) is 71.8 Å². The number of hydrogen-bond donors (Lipinski definition) is 7. The molecular formula is C29H43N3O7. The lowest BCUT2D eigenvalue weighted by atomic mass is 9.94. The van der Waals surface area contributed by atoms with Crippen LogP contribution < -0.4 is 10.6 Å². The van der Waals surface area contributed by atoms with E-state index >= 15 is 0 Å². The number of aliphatic hydroxyl groups is 4. The highest BCUT2D eigenvalue weighted by atomic mass is 16.4. The summed E-state index contributed by atoms with van der Waals surface area (Å²) in [7, 11) is 0. The normalized spacial score (nSPS) is 15.6.